The second kappa shape index (κ2) is 6.43. The Bertz CT molecular complexity index is 438. The molecule has 2 nitrogen and oxygen atoms in total. The molecular weight excluding hydrogens is 246 g/mol. The summed E-state index contributed by atoms with van der Waals surface area (Å²) in [6.45, 7) is 1.99. The number of hydrogen-bond donors (Lipinski definition) is 0. The lowest BCUT2D eigenvalue weighted by atomic mass is 9.91. The first kappa shape index (κ1) is 13.7. The molecule has 1 saturated carbocycles. The molecule has 20 heavy (non-hydrogen) atoms. The maximum atomic E-state index is 12.2. The van der Waals surface area contributed by atoms with Gasteiger partial charge < -0.3 is 4.90 Å². The lowest BCUT2D eigenvalue weighted by Crippen LogP contribution is -2.40. The zero-order valence-electron chi connectivity index (χ0n) is 12.3. The minimum absolute atomic E-state index is 0.414. The Labute approximate surface area is 122 Å². The van der Waals surface area contributed by atoms with E-state index in [4.69, 9.17) is 0 Å². The Kier molecular flexibility index (Phi) is 4.39. The molecular formula is C18H25NO. The Hall–Kier alpha value is -1.31. The lowest BCUT2D eigenvalue weighted by Gasteiger charge is -2.33. The number of hydrogen-bond acceptors (Lipinski definition) is 1. The first-order valence-corrected chi connectivity index (χ1v) is 8.13. The van der Waals surface area contributed by atoms with Crippen LogP contribution in [0.1, 0.15) is 44.1 Å². The number of aryl methyl sites for hydroxylation is 1. The maximum absolute atomic E-state index is 12.2. The quantitative estimate of drug-likeness (QED) is 0.800. The van der Waals surface area contributed by atoms with Crippen LogP contribution in [-0.4, -0.2) is 23.9 Å². The fraction of sp³-hybridized carbons (Fsp3) is 0.611. The molecule has 1 saturated heterocycles. The van der Waals surface area contributed by atoms with E-state index in [1.165, 1.54) is 37.7 Å². The van der Waals surface area contributed by atoms with Crippen molar-refractivity contribution in [2.45, 2.75) is 44.9 Å². The molecule has 0 bridgehead atoms. The SMILES string of the molecule is O=C(CC1CC1)N1CCCC(CCc2ccccc2)C1. The molecule has 108 valence electrons. The Morgan fingerprint density at radius 2 is 1.90 bits per heavy atom. The summed E-state index contributed by atoms with van der Waals surface area (Å²) in [6.07, 6.45) is 8.21. The summed E-state index contributed by atoms with van der Waals surface area (Å²) in [4.78, 5) is 14.3. The molecule has 1 amide bonds. The molecule has 0 N–H and O–H groups in total. The van der Waals surface area contributed by atoms with Crippen LogP contribution in [0.2, 0.25) is 0 Å². The number of carbonyl (C=O) groups excluding carboxylic acids is 1. The van der Waals surface area contributed by atoms with Crippen LogP contribution >= 0.6 is 0 Å². The molecule has 1 atom stereocenters. The van der Waals surface area contributed by atoms with Gasteiger partial charge in [-0.15, -0.1) is 0 Å². The van der Waals surface area contributed by atoms with Crippen molar-refractivity contribution >= 4 is 5.91 Å². The summed E-state index contributed by atoms with van der Waals surface area (Å²) < 4.78 is 0. The molecule has 2 heteroatoms. The van der Waals surface area contributed by atoms with Crippen molar-refractivity contribution in [2.24, 2.45) is 11.8 Å². The Balaban J connectivity index is 1.46. The third-order valence-electron chi connectivity index (χ3n) is 4.72. The maximum Gasteiger partial charge on any atom is 0.222 e. The van der Waals surface area contributed by atoms with Gasteiger partial charge in [0.05, 0.1) is 0 Å². The molecule has 2 aliphatic rings. The van der Waals surface area contributed by atoms with Crippen LogP contribution in [-0.2, 0) is 11.2 Å². The third kappa shape index (κ3) is 3.84. The van der Waals surface area contributed by atoms with E-state index in [2.05, 4.69) is 35.2 Å². The molecule has 1 unspecified atom stereocenters. The summed E-state index contributed by atoms with van der Waals surface area (Å²) in [5.74, 6) is 1.83. The average Bonchev–Trinajstić information content (AvgIpc) is 3.30. The predicted molar refractivity (Wildman–Crippen MR) is 81.4 cm³/mol. The normalized spacial score (nSPS) is 22.8. The molecule has 0 spiro atoms. The van der Waals surface area contributed by atoms with Gasteiger partial charge in [-0.2, -0.15) is 0 Å². The van der Waals surface area contributed by atoms with Gasteiger partial charge >= 0.3 is 0 Å². The fourth-order valence-corrected chi connectivity index (χ4v) is 3.24. The van der Waals surface area contributed by atoms with Crippen LogP contribution in [0.5, 0.6) is 0 Å². The summed E-state index contributed by atoms with van der Waals surface area (Å²) in [6, 6.07) is 10.7. The monoisotopic (exact) mass is 271 g/mol. The van der Waals surface area contributed by atoms with Gasteiger partial charge in [0.25, 0.3) is 0 Å². The molecule has 1 aliphatic heterocycles. The molecule has 0 radical (unpaired) electrons. The van der Waals surface area contributed by atoms with Gasteiger partial charge in [-0.25, -0.2) is 0 Å². The first-order chi connectivity index (χ1) is 9.81. The van der Waals surface area contributed by atoms with Crippen LogP contribution in [0, 0.1) is 11.8 Å². The smallest absolute Gasteiger partial charge is 0.222 e. The van der Waals surface area contributed by atoms with Crippen molar-refractivity contribution < 1.29 is 4.79 Å². The van der Waals surface area contributed by atoms with Crippen LogP contribution in [0.25, 0.3) is 0 Å². The molecule has 2 fully saturated rings. The summed E-state index contributed by atoms with van der Waals surface area (Å²) in [5, 5.41) is 0. The van der Waals surface area contributed by atoms with Gasteiger partial charge in [-0.1, -0.05) is 30.3 Å². The highest BCUT2D eigenvalue weighted by Gasteiger charge is 2.29. The number of piperidine rings is 1. The van der Waals surface area contributed by atoms with Crippen LogP contribution < -0.4 is 0 Å². The van der Waals surface area contributed by atoms with E-state index in [1.54, 1.807) is 0 Å². The Morgan fingerprint density at radius 3 is 2.65 bits per heavy atom. The number of carbonyl (C=O) groups is 1. The second-order valence-corrected chi connectivity index (χ2v) is 6.52. The third-order valence-corrected chi connectivity index (χ3v) is 4.72. The number of nitrogens with zero attached hydrogens (tertiary/aromatic N) is 1. The lowest BCUT2D eigenvalue weighted by molar-refractivity contribution is -0.133. The van der Waals surface area contributed by atoms with Crippen molar-refractivity contribution in [3.05, 3.63) is 35.9 Å². The highest BCUT2D eigenvalue weighted by atomic mass is 16.2. The summed E-state index contributed by atoms with van der Waals surface area (Å²) >= 11 is 0. The van der Waals surface area contributed by atoms with Gasteiger partial charge in [0, 0.05) is 19.5 Å². The summed E-state index contributed by atoms with van der Waals surface area (Å²) in [7, 11) is 0. The standard InChI is InChI=1S/C18H25NO/c20-18(13-16-9-10-16)19-12-4-7-17(14-19)11-8-15-5-2-1-3-6-15/h1-3,5-6,16-17H,4,7-14H2. The molecule has 0 aromatic heterocycles. The van der Waals surface area contributed by atoms with Crippen molar-refractivity contribution in [3.8, 4) is 0 Å². The van der Waals surface area contributed by atoms with Gasteiger partial charge in [-0.3, -0.25) is 4.79 Å². The number of benzene rings is 1. The number of rotatable bonds is 5. The van der Waals surface area contributed by atoms with Crippen molar-refractivity contribution in [2.75, 3.05) is 13.1 Å². The molecule has 3 rings (SSSR count). The van der Waals surface area contributed by atoms with E-state index < -0.39 is 0 Å². The van der Waals surface area contributed by atoms with Gasteiger partial charge in [0.2, 0.25) is 5.91 Å². The van der Waals surface area contributed by atoms with Crippen LogP contribution in [0.15, 0.2) is 30.3 Å². The molecule has 1 heterocycles. The van der Waals surface area contributed by atoms with Crippen LogP contribution in [0.3, 0.4) is 0 Å². The van der Waals surface area contributed by atoms with Gasteiger partial charge in [0.15, 0.2) is 0 Å². The molecule has 1 aromatic carbocycles. The molecule has 1 aromatic rings. The topological polar surface area (TPSA) is 20.3 Å². The first-order valence-electron chi connectivity index (χ1n) is 8.13. The zero-order valence-corrected chi connectivity index (χ0v) is 12.3. The van der Waals surface area contributed by atoms with Crippen molar-refractivity contribution in [1.29, 1.82) is 0 Å². The minimum Gasteiger partial charge on any atom is -0.342 e. The predicted octanol–water partition coefficient (Wildman–Crippen LogP) is 3.66. The number of likely N-dealkylation sites (tertiary alicyclic amines) is 1. The second-order valence-electron chi connectivity index (χ2n) is 6.52. The van der Waals surface area contributed by atoms with E-state index in [1.807, 2.05) is 0 Å². The van der Waals surface area contributed by atoms with Gasteiger partial charge in [0.1, 0.15) is 0 Å². The highest BCUT2D eigenvalue weighted by Crippen LogP contribution is 2.33. The Morgan fingerprint density at radius 1 is 1.10 bits per heavy atom. The van der Waals surface area contributed by atoms with Gasteiger partial charge in [-0.05, 0) is 55.9 Å². The van der Waals surface area contributed by atoms with E-state index in [-0.39, 0.29) is 0 Å². The summed E-state index contributed by atoms with van der Waals surface area (Å²) in [5.41, 5.74) is 1.42. The van der Waals surface area contributed by atoms with Crippen molar-refractivity contribution in [3.63, 3.8) is 0 Å². The van der Waals surface area contributed by atoms with Crippen molar-refractivity contribution in [1.82, 2.24) is 4.90 Å². The highest BCUT2D eigenvalue weighted by molar-refractivity contribution is 5.76. The molecule has 1 aliphatic carbocycles. The zero-order chi connectivity index (χ0) is 13.8. The average molecular weight is 271 g/mol. The largest absolute Gasteiger partial charge is 0.342 e. The van der Waals surface area contributed by atoms with E-state index in [9.17, 15) is 4.79 Å². The minimum atomic E-state index is 0.414. The van der Waals surface area contributed by atoms with E-state index in [0.717, 1.165) is 25.9 Å². The van der Waals surface area contributed by atoms with E-state index >= 15 is 0 Å². The number of amides is 1. The fourth-order valence-electron chi connectivity index (χ4n) is 3.24. The van der Waals surface area contributed by atoms with Crippen LogP contribution in [0.4, 0.5) is 0 Å². The van der Waals surface area contributed by atoms with E-state index in [0.29, 0.717) is 17.7 Å².